The van der Waals surface area contributed by atoms with Gasteiger partial charge in [-0.15, -0.1) is 0 Å². The highest BCUT2D eigenvalue weighted by Crippen LogP contribution is 2.21. The van der Waals surface area contributed by atoms with Crippen LogP contribution in [0.1, 0.15) is 17.2 Å². The van der Waals surface area contributed by atoms with Gasteiger partial charge in [0.05, 0.1) is 0 Å². The van der Waals surface area contributed by atoms with Crippen LogP contribution in [0.5, 0.6) is 0 Å². The van der Waals surface area contributed by atoms with Gasteiger partial charge in [0.2, 0.25) is 6.10 Å². The Hall–Kier alpha value is -2.47. The maximum absolute atomic E-state index is 13.7. The highest BCUT2D eigenvalue weighted by molar-refractivity contribution is 9.10. The average Bonchev–Trinajstić information content (AvgIpc) is 2.60. The molecule has 130 valence electrons. The van der Waals surface area contributed by atoms with Gasteiger partial charge in [-0.2, -0.15) is 0 Å². The molecule has 0 saturated carbocycles. The van der Waals surface area contributed by atoms with Gasteiger partial charge in [0, 0.05) is 35.8 Å². The zero-order valence-electron chi connectivity index (χ0n) is 13.8. The lowest BCUT2D eigenvalue weighted by atomic mass is 10.1. The first-order chi connectivity index (χ1) is 11.9. The Morgan fingerprint density at radius 2 is 1.84 bits per heavy atom. The van der Waals surface area contributed by atoms with Crippen LogP contribution in [0.15, 0.2) is 59.1 Å². The normalized spacial score (nSPS) is 12.0. The van der Waals surface area contributed by atoms with Gasteiger partial charge < -0.3 is 9.64 Å². The van der Waals surface area contributed by atoms with Crippen molar-refractivity contribution in [2.45, 2.75) is 6.10 Å². The molecule has 0 spiro atoms. The average molecular weight is 406 g/mol. The third-order valence-electron chi connectivity index (χ3n) is 3.36. The van der Waals surface area contributed by atoms with Crippen molar-refractivity contribution >= 4 is 33.9 Å². The molecule has 0 fully saturated rings. The lowest BCUT2D eigenvalue weighted by Crippen LogP contribution is -2.30. The summed E-state index contributed by atoms with van der Waals surface area (Å²) in [6.07, 6.45) is 1.36. The predicted molar refractivity (Wildman–Crippen MR) is 97.1 cm³/mol. The fourth-order valence-corrected chi connectivity index (χ4v) is 2.46. The first-order valence-corrected chi connectivity index (χ1v) is 8.27. The lowest BCUT2D eigenvalue weighted by Gasteiger charge is -2.20. The fourth-order valence-electron chi connectivity index (χ4n) is 2.08. The minimum atomic E-state index is -1.05. The maximum Gasteiger partial charge on any atom is 0.331 e. The van der Waals surface area contributed by atoms with E-state index in [0.717, 1.165) is 6.08 Å². The predicted octanol–water partition coefficient (Wildman–Crippen LogP) is 3.97. The molecule has 25 heavy (non-hydrogen) atoms. The molecule has 0 aromatic heterocycles. The first-order valence-electron chi connectivity index (χ1n) is 7.48. The number of carbonyl (C=O) groups excluding carboxylic acids is 2. The van der Waals surface area contributed by atoms with Crippen LogP contribution in [-0.2, 0) is 14.3 Å². The molecule has 2 aromatic carbocycles. The Balaban J connectivity index is 2.18. The van der Waals surface area contributed by atoms with Crippen LogP contribution in [0.25, 0.3) is 6.08 Å². The number of nitrogens with zero attached hydrogens (tertiary/aromatic N) is 1. The van der Waals surface area contributed by atoms with E-state index in [1.54, 1.807) is 56.6 Å². The van der Waals surface area contributed by atoms with Gasteiger partial charge in [0.25, 0.3) is 5.91 Å². The molecule has 1 amide bonds. The molecule has 0 aliphatic rings. The molecule has 1 atom stereocenters. The van der Waals surface area contributed by atoms with Gasteiger partial charge in [-0.1, -0.05) is 46.3 Å². The molecule has 4 nitrogen and oxygen atoms in total. The Kier molecular flexibility index (Phi) is 6.47. The monoisotopic (exact) mass is 405 g/mol. The molecule has 2 rings (SSSR count). The van der Waals surface area contributed by atoms with E-state index in [4.69, 9.17) is 4.74 Å². The minimum Gasteiger partial charge on any atom is -0.444 e. The summed E-state index contributed by atoms with van der Waals surface area (Å²) in [7, 11) is 3.16. The van der Waals surface area contributed by atoms with Crippen LogP contribution in [0.2, 0.25) is 0 Å². The molecular formula is C19H17BrFNO3. The summed E-state index contributed by atoms with van der Waals surface area (Å²) < 4.78 is 19.7. The van der Waals surface area contributed by atoms with Crippen molar-refractivity contribution in [2.24, 2.45) is 0 Å². The van der Waals surface area contributed by atoms with Crippen LogP contribution in [-0.4, -0.2) is 30.9 Å². The number of likely N-dealkylation sites (N-methyl/N-ethyl adjacent to an activating group) is 1. The van der Waals surface area contributed by atoms with Crippen molar-refractivity contribution in [1.82, 2.24) is 4.90 Å². The maximum atomic E-state index is 13.7. The van der Waals surface area contributed by atoms with Gasteiger partial charge in [0.1, 0.15) is 5.82 Å². The smallest absolute Gasteiger partial charge is 0.331 e. The number of ether oxygens (including phenoxy) is 1. The molecule has 0 aliphatic carbocycles. The number of esters is 1. The van der Waals surface area contributed by atoms with Crippen molar-refractivity contribution in [3.05, 3.63) is 76.0 Å². The van der Waals surface area contributed by atoms with Gasteiger partial charge in [-0.3, -0.25) is 4.79 Å². The Morgan fingerprint density at radius 3 is 2.48 bits per heavy atom. The highest BCUT2D eigenvalue weighted by atomic mass is 79.9. The van der Waals surface area contributed by atoms with Gasteiger partial charge in [0.15, 0.2) is 0 Å². The third kappa shape index (κ3) is 5.26. The van der Waals surface area contributed by atoms with Crippen molar-refractivity contribution < 1.29 is 18.7 Å². The van der Waals surface area contributed by atoms with Crippen molar-refractivity contribution in [2.75, 3.05) is 14.1 Å². The Labute approximate surface area is 154 Å². The molecule has 0 radical (unpaired) electrons. The lowest BCUT2D eigenvalue weighted by molar-refractivity contribution is -0.155. The number of hydrogen-bond donors (Lipinski definition) is 0. The number of hydrogen-bond acceptors (Lipinski definition) is 3. The Bertz CT molecular complexity index is 791. The van der Waals surface area contributed by atoms with Crippen LogP contribution >= 0.6 is 15.9 Å². The fraction of sp³-hybridized carbons (Fsp3) is 0.158. The summed E-state index contributed by atoms with van der Waals surface area (Å²) >= 11 is 3.24. The molecular weight excluding hydrogens is 389 g/mol. The largest absolute Gasteiger partial charge is 0.444 e. The van der Waals surface area contributed by atoms with Gasteiger partial charge in [-0.25, -0.2) is 9.18 Å². The molecule has 1 unspecified atom stereocenters. The molecule has 0 saturated heterocycles. The quantitative estimate of drug-likeness (QED) is 0.558. The van der Waals surface area contributed by atoms with Crippen molar-refractivity contribution in [3.8, 4) is 0 Å². The van der Waals surface area contributed by atoms with Crippen molar-refractivity contribution in [1.29, 1.82) is 0 Å². The summed E-state index contributed by atoms with van der Waals surface area (Å²) in [5.41, 5.74) is 0.804. The second-order valence-electron chi connectivity index (χ2n) is 5.46. The SMILES string of the molecule is CN(C)C(=O)C(OC(=O)/C=C/c1cc(Br)ccc1F)c1ccccc1. The zero-order chi connectivity index (χ0) is 18.4. The van der Waals surface area contributed by atoms with Crippen LogP contribution in [0.3, 0.4) is 0 Å². The van der Waals surface area contributed by atoms with E-state index in [0.29, 0.717) is 10.0 Å². The van der Waals surface area contributed by atoms with E-state index in [9.17, 15) is 14.0 Å². The van der Waals surface area contributed by atoms with Gasteiger partial charge in [-0.05, 0) is 24.3 Å². The van der Waals surface area contributed by atoms with E-state index in [1.807, 2.05) is 0 Å². The molecule has 6 heteroatoms. The van der Waals surface area contributed by atoms with Crippen LogP contribution < -0.4 is 0 Å². The standard InChI is InChI=1S/C19H17BrFNO3/c1-22(2)19(24)18(13-6-4-3-5-7-13)25-17(23)11-8-14-12-15(20)9-10-16(14)21/h3-12,18H,1-2H3/b11-8+. The molecule has 0 bridgehead atoms. The van der Waals surface area contributed by atoms with E-state index in [1.165, 1.54) is 17.0 Å². The summed E-state index contributed by atoms with van der Waals surface area (Å²) in [5, 5.41) is 0. The summed E-state index contributed by atoms with van der Waals surface area (Å²) in [5.74, 6) is -1.55. The summed E-state index contributed by atoms with van der Waals surface area (Å²) in [6.45, 7) is 0. The number of carbonyl (C=O) groups is 2. The van der Waals surface area contributed by atoms with Crippen LogP contribution in [0, 0.1) is 5.82 Å². The number of halogens is 2. The number of rotatable bonds is 5. The third-order valence-corrected chi connectivity index (χ3v) is 3.85. The van der Waals surface area contributed by atoms with E-state index >= 15 is 0 Å². The number of amides is 1. The molecule has 0 aliphatic heterocycles. The second kappa shape index (κ2) is 8.58. The molecule has 0 N–H and O–H groups in total. The number of benzene rings is 2. The van der Waals surface area contributed by atoms with Crippen molar-refractivity contribution in [3.63, 3.8) is 0 Å². The molecule has 0 heterocycles. The molecule has 2 aromatic rings. The second-order valence-corrected chi connectivity index (χ2v) is 6.38. The Morgan fingerprint density at radius 1 is 1.16 bits per heavy atom. The van der Waals surface area contributed by atoms with E-state index < -0.39 is 17.9 Å². The van der Waals surface area contributed by atoms with E-state index in [-0.39, 0.29) is 11.5 Å². The first kappa shape index (κ1) is 18.9. The highest BCUT2D eigenvalue weighted by Gasteiger charge is 2.25. The van der Waals surface area contributed by atoms with Crippen LogP contribution in [0.4, 0.5) is 4.39 Å². The van der Waals surface area contributed by atoms with E-state index in [2.05, 4.69) is 15.9 Å². The summed E-state index contributed by atoms with van der Waals surface area (Å²) in [6, 6.07) is 13.1. The summed E-state index contributed by atoms with van der Waals surface area (Å²) in [4.78, 5) is 25.8. The topological polar surface area (TPSA) is 46.6 Å². The zero-order valence-corrected chi connectivity index (χ0v) is 15.4. The minimum absolute atomic E-state index is 0.238. The van der Waals surface area contributed by atoms with Gasteiger partial charge >= 0.3 is 5.97 Å².